The van der Waals surface area contributed by atoms with Gasteiger partial charge in [-0.25, -0.2) is 9.18 Å². The van der Waals surface area contributed by atoms with Crippen LogP contribution >= 0.6 is 11.3 Å². The van der Waals surface area contributed by atoms with Gasteiger partial charge in [-0.15, -0.1) is 11.3 Å². The molecule has 2 aromatic carbocycles. The Labute approximate surface area is 220 Å². The molecular weight excluding hydrogens is 491 g/mol. The molecule has 194 valence electrons. The number of rotatable bonds is 7. The second-order valence-corrected chi connectivity index (χ2v) is 11.0. The molecule has 2 N–H and O–H groups in total. The van der Waals surface area contributed by atoms with E-state index in [-0.39, 0.29) is 28.3 Å². The number of nitrogens with zero attached hydrogens (tertiary/aromatic N) is 1. The fourth-order valence-electron chi connectivity index (χ4n) is 4.77. The van der Waals surface area contributed by atoms with Crippen molar-refractivity contribution in [3.05, 3.63) is 70.9 Å². The minimum atomic E-state index is -1.07. The van der Waals surface area contributed by atoms with Crippen LogP contribution in [0, 0.1) is 17.7 Å². The SMILES string of the molecule is CC(C)N(c1cc(-c2ccc(NC(=O)c3ccccc3F)cc2)sc1C(=O)O)C(=O)[C@H]1CC[C@H](C)CC1. The van der Waals surface area contributed by atoms with Gasteiger partial charge >= 0.3 is 5.97 Å². The summed E-state index contributed by atoms with van der Waals surface area (Å²) in [4.78, 5) is 40.6. The maximum atomic E-state index is 13.9. The van der Waals surface area contributed by atoms with Crippen LogP contribution in [0.15, 0.2) is 54.6 Å². The first-order valence-corrected chi connectivity index (χ1v) is 13.3. The second kappa shape index (κ2) is 11.3. The van der Waals surface area contributed by atoms with Crippen molar-refractivity contribution >= 4 is 40.5 Å². The normalized spacial score (nSPS) is 17.4. The van der Waals surface area contributed by atoms with Crippen molar-refractivity contribution in [3.8, 4) is 10.4 Å². The van der Waals surface area contributed by atoms with E-state index >= 15 is 0 Å². The average Bonchev–Trinajstić information content (AvgIpc) is 3.30. The fourth-order valence-corrected chi connectivity index (χ4v) is 5.77. The lowest BCUT2D eigenvalue weighted by Gasteiger charge is -2.33. The molecule has 0 radical (unpaired) electrons. The average molecular weight is 523 g/mol. The monoisotopic (exact) mass is 522 g/mol. The van der Waals surface area contributed by atoms with Crippen LogP contribution in [0.3, 0.4) is 0 Å². The van der Waals surface area contributed by atoms with Crippen LogP contribution < -0.4 is 10.2 Å². The summed E-state index contributed by atoms with van der Waals surface area (Å²) in [6.07, 6.45) is 3.65. The highest BCUT2D eigenvalue weighted by molar-refractivity contribution is 7.18. The molecule has 1 heterocycles. The third-order valence-electron chi connectivity index (χ3n) is 6.83. The van der Waals surface area contributed by atoms with Crippen molar-refractivity contribution < 1.29 is 23.9 Å². The molecule has 0 saturated heterocycles. The molecule has 1 aromatic heterocycles. The lowest BCUT2D eigenvalue weighted by Crippen LogP contribution is -2.42. The number of anilines is 2. The van der Waals surface area contributed by atoms with Crippen LogP contribution in [0.1, 0.15) is 66.5 Å². The molecule has 1 aliphatic carbocycles. The molecule has 0 bridgehead atoms. The molecule has 3 aromatic rings. The van der Waals surface area contributed by atoms with Crippen molar-refractivity contribution in [1.29, 1.82) is 0 Å². The van der Waals surface area contributed by atoms with Crippen LogP contribution in [0.25, 0.3) is 10.4 Å². The number of carboxylic acid groups (broad SMARTS) is 1. The summed E-state index contributed by atoms with van der Waals surface area (Å²) in [7, 11) is 0. The van der Waals surface area contributed by atoms with E-state index in [0.717, 1.165) is 42.6 Å². The molecule has 0 atom stereocenters. The maximum absolute atomic E-state index is 13.9. The first-order chi connectivity index (χ1) is 17.7. The predicted octanol–water partition coefficient (Wildman–Crippen LogP) is 7.07. The van der Waals surface area contributed by atoms with Gasteiger partial charge in [0.2, 0.25) is 5.91 Å². The van der Waals surface area contributed by atoms with Gasteiger partial charge in [0.15, 0.2) is 0 Å². The number of benzene rings is 2. The van der Waals surface area contributed by atoms with E-state index in [9.17, 15) is 23.9 Å². The number of carbonyl (C=O) groups is 3. The molecule has 0 spiro atoms. The standard InChI is InChI=1S/C29H31FN2O4S/c1-17(2)32(28(34)20-10-8-18(3)9-11-20)24-16-25(37-26(24)29(35)36)19-12-14-21(15-13-19)31-27(33)22-6-4-5-7-23(22)30/h4-7,12-18,20H,8-11H2,1-3H3,(H,31,33)(H,35,36)/t18-,20-. The molecule has 4 rings (SSSR count). The first-order valence-electron chi connectivity index (χ1n) is 12.5. The Balaban J connectivity index is 1.58. The molecule has 37 heavy (non-hydrogen) atoms. The van der Waals surface area contributed by atoms with Crippen molar-refractivity contribution in [3.63, 3.8) is 0 Å². The van der Waals surface area contributed by atoms with Crippen molar-refractivity contribution in [2.75, 3.05) is 10.2 Å². The number of hydrogen-bond acceptors (Lipinski definition) is 4. The largest absolute Gasteiger partial charge is 0.477 e. The molecule has 2 amide bonds. The number of nitrogens with one attached hydrogen (secondary N) is 1. The Kier molecular flexibility index (Phi) is 8.07. The summed E-state index contributed by atoms with van der Waals surface area (Å²) >= 11 is 1.12. The zero-order valence-electron chi connectivity index (χ0n) is 21.2. The summed E-state index contributed by atoms with van der Waals surface area (Å²) < 4.78 is 13.9. The minimum absolute atomic E-state index is 0.0139. The Hall–Kier alpha value is -3.52. The number of carboxylic acids is 1. The van der Waals surface area contributed by atoms with E-state index in [4.69, 9.17) is 0 Å². The molecule has 0 aliphatic heterocycles. The zero-order chi connectivity index (χ0) is 26.7. The van der Waals surface area contributed by atoms with E-state index < -0.39 is 17.7 Å². The molecule has 0 unspecified atom stereocenters. The minimum Gasteiger partial charge on any atom is -0.477 e. The van der Waals surface area contributed by atoms with E-state index in [1.165, 1.54) is 18.2 Å². The van der Waals surface area contributed by atoms with Gasteiger partial charge in [-0.1, -0.05) is 31.2 Å². The number of amides is 2. The van der Waals surface area contributed by atoms with Gasteiger partial charge in [0.1, 0.15) is 10.7 Å². The first kappa shape index (κ1) is 26.5. The molecule has 1 fully saturated rings. The Morgan fingerprint density at radius 2 is 1.68 bits per heavy atom. The number of aromatic carboxylic acids is 1. The van der Waals surface area contributed by atoms with Crippen molar-refractivity contribution in [2.24, 2.45) is 11.8 Å². The maximum Gasteiger partial charge on any atom is 0.348 e. The van der Waals surface area contributed by atoms with Gasteiger partial charge in [0, 0.05) is 22.5 Å². The molecular formula is C29H31FN2O4S. The summed E-state index contributed by atoms with van der Waals surface area (Å²) in [6, 6.07) is 14.2. The van der Waals surface area contributed by atoms with Gasteiger partial charge in [-0.2, -0.15) is 0 Å². The smallest absolute Gasteiger partial charge is 0.348 e. The molecule has 1 saturated carbocycles. The number of carbonyl (C=O) groups excluding carboxylic acids is 2. The number of halogens is 1. The lowest BCUT2D eigenvalue weighted by atomic mass is 9.82. The molecule has 1 aliphatic rings. The van der Waals surface area contributed by atoms with Gasteiger partial charge in [0.25, 0.3) is 5.91 Å². The van der Waals surface area contributed by atoms with E-state index in [0.29, 0.717) is 22.2 Å². The number of hydrogen-bond donors (Lipinski definition) is 2. The molecule has 6 nitrogen and oxygen atoms in total. The van der Waals surface area contributed by atoms with E-state index in [2.05, 4.69) is 12.2 Å². The lowest BCUT2D eigenvalue weighted by molar-refractivity contribution is -0.123. The predicted molar refractivity (Wildman–Crippen MR) is 145 cm³/mol. The number of thiophene rings is 1. The highest BCUT2D eigenvalue weighted by Crippen LogP contribution is 2.40. The van der Waals surface area contributed by atoms with Crippen LogP contribution in [0.5, 0.6) is 0 Å². The summed E-state index contributed by atoms with van der Waals surface area (Å²) in [5.41, 5.74) is 1.61. The van der Waals surface area contributed by atoms with Crippen LogP contribution in [-0.4, -0.2) is 28.9 Å². The van der Waals surface area contributed by atoms with E-state index in [1.807, 2.05) is 13.8 Å². The second-order valence-electron chi connectivity index (χ2n) is 9.90. The van der Waals surface area contributed by atoms with Gasteiger partial charge in [-0.3, -0.25) is 9.59 Å². The van der Waals surface area contributed by atoms with E-state index in [1.54, 1.807) is 41.3 Å². The zero-order valence-corrected chi connectivity index (χ0v) is 22.0. The summed E-state index contributed by atoms with van der Waals surface area (Å²) in [5.74, 6) is -1.73. The van der Waals surface area contributed by atoms with Gasteiger partial charge in [0.05, 0.1) is 11.3 Å². The van der Waals surface area contributed by atoms with Crippen molar-refractivity contribution in [2.45, 2.75) is 52.5 Å². The van der Waals surface area contributed by atoms with Gasteiger partial charge < -0.3 is 15.3 Å². The highest BCUT2D eigenvalue weighted by Gasteiger charge is 2.33. The van der Waals surface area contributed by atoms with Crippen LogP contribution in [0.4, 0.5) is 15.8 Å². The molecule has 8 heteroatoms. The topological polar surface area (TPSA) is 86.7 Å². The third kappa shape index (κ3) is 5.91. The summed E-state index contributed by atoms with van der Waals surface area (Å²) in [6.45, 7) is 6.00. The quantitative estimate of drug-likeness (QED) is 0.347. The van der Waals surface area contributed by atoms with Crippen molar-refractivity contribution in [1.82, 2.24) is 0 Å². The highest BCUT2D eigenvalue weighted by atomic mass is 32.1. The Morgan fingerprint density at radius 1 is 1.03 bits per heavy atom. The summed E-state index contributed by atoms with van der Waals surface area (Å²) in [5, 5.41) is 12.6. The Bertz CT molecular complexity index is 1290. The Morgan fingerprint density at radius 3 is 2.27 bits per heavy atom. The van der Waals surface area contributed by atoms with Gasteiger partial charge in [-0.05, 0) is 81.3 Å². The van der Waals surface area contributed by atoms with Crippen LogP contribution in [-0.2, 0) is 4.79 Å². The van der Waals surface area contributed by atoms with Crippen LogP contribution in [0.2, 0.25) is 0 Å². The third-order valence-corrected chi connectivity index (χ3v) is 7.99. The fraction of sp³-hybridized carbons (Fsp3) is 0.345.